The van der Waals surface area contributed by atoms with Gasteiger partial charge in [0.1, 0.15) is 0 Å². The number of halogens is 2. The van der Waals surface area contributed by atoms with Crippen molar-refractivity contribution in [1.29, 1.82) is 0 Å². The van der Waals surface area contributed by atoms with Crippen LogP contribution in [0.4, 0.5) is 8.78 Å². The Labute approximate surface area is 98.6 Å². The van der Waals surface area contributed by atoms with Gasteiger partial charge >= 0.3 is 5.76 Å². The Morgan fingerprint density at radius 2 is 1.81 bits per heavy atom. The predicted molar refractivity (Wildman–Crippen MR) is 60.7 cm³/mol. The second-order valence-electron chi connectivity index (χ2n) is 3.91. The molecule has 0 aromatic carbocycles. The van der Waals surface area contributed by atoms with Crippen LogP contribution in [0.25, 0.3) is 0 Å². The van der Waals surface area contributed by atoms with Gasteiger partial charge in [-0.2, -0.15) is 13.5 Å². The quantitative estimate of drug-likeness (QED) is 0.752. The monoisotopic (exact) mass is 272 g/mol. The van der Waals surface area contributed by atoms with Crippen LogP contribution in [0.3, 0.4) is 0 Å². The molecule has 0 saturated heterocycles. The summed E-state index contributed by atoms with van der Waals surface area (Å²) in [7, 11) is -4.65. The number of thiocarbonyl (C=S) groups is 1. The van der Waals surface area contributed by atoms with Gasteiger partial charge in [-0.25, -0.2) is 8.42 Å². The highest BCUT2D eigenvalue weighted by atomic mass is 32.2. The molecule has 0 aromatic heterocycles. The summed E-state index contributed by atoms with van der Waals surface area (Å²) in [6, 6.07) is 0. The fraction of sp³-hybridized carbons (Fsp3) is 0.875. The van der Waals surface area contributed by atoms with E-state index in [9.17, 15) is 17.2 Å². The Morgan fingerprint density at radius 3 is 2.19 bits per heavy atom. The maximum Gasteiger partial charge on any atom is 0.350 e. The number of alkyl halides is 2. The van der Waals surface area contributed by atoms with E-state index >= 15 is 0 Å². The van der Waals surface area contributed by atoms with Crippen molar-refractivity contribution in [1.82, 2.24) is 4.72 Å². The largest absolute Gasteiger partial charge is 0.392 e. The van der Waals surface area contributed by atoms with Gasteiger partial charge in [0.05, 0.1) is 10.5 Å². The van der Waals surface area contributed by atoms with E-state index in [1.165, 1.54) is 0 Å². The average Bonchev–Trinajstić information content (AvgIpc) is 2.18. The Hall–Kier alpha value is -0.340. The fourth-order valence-electron chi connectivity index (χ4n) is 1.87. The maximum absolute atomic E-state index is 12.3. The van der Waals surface area contributed by atoms with Crippen molar-refractivity contribution in [3.8, 4) is 0 Å². The van der Waals surface area contributed by atoms with Crippen LogP contribution in [0.2, 0.25) is 0 Å². The second-order valence-corrected chi connectivity index (χ2v) is 6.01. The minimum atomic E-state index is -4.65. The molecule has 8 heteroatoms. The lowest BCUT2D eigenvalue weighted by Crippen LogP contribution is -2.58. The summed E-state index contributed by atoms with van der Waals surface area (Å²) < 4.78 is 48.8. The minimum absolute atomic E-state index is 0.0589. The number of nitrogens with two attached hydrogens (primary N) is 1. The van der Waals surface area contributed by atoms with Crippen LogP contribution in [-0.4, -0.2) is 24.7 Å². The molecule has 0 aliphatic heterocycles. The van der Waals surface area contributed by atoms with Gasteiger partial charge in [-0.15, -0.1) is 0 Å². The van der Waals surface area contributed by atoms with E-state index in [2.05, 4.69) is 0 Å². The van der Waals surface area contributed by atoms with E-state index in [0.29, 0.717) is 12.8 Å². The SMILES string of the molecule is NC(=S)C1(NS(=O)(=O)C(F)F)CCCCC1. The Bertz CT molecular complexity index is 364. The molecular weight excluding hydrogens is 258 g/mol. The van der Waals surface area contributed by atoms with E-state index < -0.39 is 21.3 Å². The van der Waals surface area contributed by atoms with Crippen LogP contribution in [0, 0.1) is 0 Å². The minimum Gasteiger partial charge on any atom is -0.392 e. The molecule has 0 radical (unpaired) electrons. The van der Waals surface area contributed by atoms with Gasteiger partial charge in [0.2, 0.25) is 0 Å². The first-order valence-electron chi connectivity index (χ1n) is 4.91. The molecule has 1 aliphatic carbocycles. The van der Waals surface area contributed by atoms with Crippen LogP contribution >= 0.6 is 12.2 Å². The van der Waals surface area contributed by atoms with Crippen molar-refractivity contribution >= 4 is 27.2 Å². The fourth-order valence-corrected chi connectivity index (χ4v) is 3.14. The summed E-state index contributed by atoms with van der Waals surface area (Å²) >= 11 is 4.79. The van der Waals surface area contributed by atoms with E-state index in [-0.39, 0.29) is 4.99 Å². The van der Waals surface area contributed by atoms with Gasteiger partial charge in [0.15, 0.2) is 0 Å². The number of nitrogens with one attached hydrogen (secondary N) is 1. The molecule has 1 rings (SSSR count). The molecular formula is C8H14F2N2O2S2. The Balaban J connectivity index is 2.92. The summed E-state index contributed by atoms with van der Waals surface area (Å²) in [6.45, 7) is 0. The zero-order valence-corrected chi connectivity index (χ0v) is 10.2. The second kappa shape index (κ2) is 4.89. The normalized spacial score (nSPS) is 20.9. The molecule has 0 bridgehead atoms. The van der Waals surface area contributed by atoms with Crippen LogP contribution in [0.1, 0.15) is 32.1 Å². The first-order valence-corrected chi connectivity index (χ1v) is 6.86. The van der Waals surface area contributed by atoms with Gasteiger partial charge in [-0.3, -0.25) is 0 Å². The smallest absolute Gasteiger partial charge is 0.350 e. The lowest BCUT2D eigenvalue weighted by molar-refractivity contribution is 0.227. The van der Waals surface area contributed by atoms with E-state index in [1.54, 1.807) is 0 Å². The highest BCUT2D eigenvalue weighted by molar-refractivity contribution is 7.90. The Kier molecular flexibility index (Phi) is 4.19. The molecule has 1 aliphatic rings. The summed E-state index contributed by atoms with van der Waals surface area (Å²) in [6.07, 6.45) is 3.15. The number of sulfonamides is 1. The van der Waals surface area contributed by atoms with Gasteiger partial charge in [-0.05, 0) is 12.8 Å². The van der Waals surface area contributed by atoms with E-state index in [4.69, 9.17) is 18.0 Å². The van der Waals surface area contributed by atoms with E-state index in [1.807, 2.05) is 4.72 Å². The van der Waals surface area contributed by atoms with Crippen LogP contribution in [-0.2, 0) is 10.0 Å². The molecule has 0 aromatic rings. The first-order chi connectivity index (χ1) is 7.30. The predicted octanol–water partition coefficient (Wildman–Crippen LogP) is 1.12. The molecule has 0 heterocycles. The highest BCUT2D eigenvalue weighted by Gasteiger charge is 2.41. The standard InChI is InChI=1S/C8H14F2N2O2S2/c9-7(10)16(13,14)12-8(6(11)15)4-2-1-3-5-8/h7,12H,1-5H2,(H2,11,15). The van der Waals surface area contributed by atoms with Crippen molar-refractivity contribution in [2.45, 2.75) is 43.4 Å². The third kappa shape index (κ3) is 2.86. The van der Waals surface area contributed by atoms with E-state index in [0.717, 1.165) is 19.3 Å². The zero-order chi connectivity index (χ0) is 12.4. The van der Waals surface area contributed by atoms with Crippen LogP contribution in [0.15, 0.2) is 0 Å². The topological polar surface area (TPSA) is 72.2 Å². The summed E-state index contributed by atoms with van der Waals surface area (Å²) in [4.78, 5) is -0.0589. The van der Waals surface area contributed by atoms with Gasteiger partial charge in [-0.1, -0.05) is 31.5 Å². The lowest BCUT2D eigenvalue weighted by atomic mass is 9.82. The van der Waals surface area contributed by atoms with Crippen molar-refractivity contribution in [2.75, 3.05) is 0 Å². The van der Waals surface area contributed by atoms with Gasteiger partial charge < -0.3 is 5.73 Å². The maximum atomic E-state index is 12.3. The molecule has 0 unspecified atom stereocenters. The molecule has 3 N–H and O–H groups in total. The molecule has 0 amide bonds. The number of hydrogen-bond acceptors (Lipinski definition) is 3. The lowest BCUT2D eigenvalue weighted by Gasteiger charge is -2.36. The van der Waals surface area contributed by atoms with Crippen molar-refractivity contribution in [2.24, 2.45) is 5.73 Å². The summed E-state index contributed by atoms with van der Waals surface area (Å²) in [5.74, 6) is -3.46. The molecule has 16 heavy (non-hydrogen) atoms. The molecule has 0 atom stereocenters. The number of hydrogen-bond donors (Lipinski definition) is 2. The van der Waals surface area contributed by atoms with Crippen LogP contribution in [0.5, 0.6) is 0 Å². The van der Waals surface area contributed by atoms with Gasteiger partial charge in [0.25, 0.3) is 10.0 Å². The van der Waals surface area contributed by atoms with Crippen molar-refractivity contribution < 1.29 is 17.2 Å². The summed E-state index contributed by atoms with van der Waals surface area (Å²) in [5, 5.41) is 0. The van der Waals surface area contributed by atoms with Crippen molar-refractivity contribution in [3.63, 3.8) is 0 Å². The summed E-state index contributed by atoms with van der Waals surface area (Å²) in [5.41, 5.74) is 4.31. The first kappa shape index (κ1) is 13.7. The van der Waals surface area contributed by atoms with Crippen LogP contribution < -0.4 is 10.5 Å². The molecule has 94 valence electrons. The van der Waals surface area contributed by atoms with Crippen molar-refractivity contribution in [3.05, 3.63) is 0 Å². The van der Waals surface area contributed by atoms with Gasteiger partial charge in [0, 0.05) is 0 Å². The molecule has 1 saturated carbocycles. The molecule has 1 fully saturated rings. The number of rotatable bonds is 4. The third-order valence-corrected chi connectivity index (χ3v) is 4.29. The average molecular weight is 272 g/mol. The molecule has 4 nitrogen and oxygen atoms in total. The Morgan fingerprint density at radius 1 is 1.31 bits per heavy atom. The zero-order valence-electron chi connectivity index (χ0n) is 8.58. The molecule has 0 spiro atoms. The third-order valence-electron chi connectivity index (χ3n) is 2.75. The highest BCUT2D eigenvalue weighted by Crippen LogP contribution is 2.30.